The molecule has 4 aliphatic rings. The van der Waals surface area contributed by atoms with E-state index in [4.69, 9.17) is 4.74 Å². The number of esters is 1. The molecule has 0 saturated heterocycles. The van der Waals surface area contributed by atoms with Crippen LogP contribution in [0.15, 0.2) is 11.6 Å². The number of carbonyl (C=O) groups excluding carboxylic acids is 1. The average molecular weight is 389 g/mol. The van der Waals surface area contributed by atoms with E-state index in [2.05, 4.69) is 26.8 Å². The minimum absolute atomic E-state index is 0.0624. The minimum Gasteiger partial charge on any atom is -0.469 e. The zero-order chi connectivity index (χ0) is 20.1. The second kappa shape index (κ2) is 7.45. The molecule has 3 fully saturated rings. The summed E-state index contributed by atoms with van der Waals surface area (Å²) in [4.78, 5) is 11.6. The SMILES string of the molecule is COC(=O)CC[C@H](C)[C@@H]1CC[C@@H]2[C@H]3CC=C4C[C@@H](O)CC[C@]4(C)[C@@H]3CC[C@@]21C. The molecule has 0 aromatic heterocycles. The van der Waals surface area contributed by atoms with Gasteiger partial charge in [0.25, 0.3) is 0 Å². The molecule has 0 aliphatic heterocycles. The van der Waals surface area contributed by atoms with Crippen molar-refractivity contribution >= 4 is 5.97 Å². The van der Waals surface area contributed by atoms with Crippen LogP contribution in [0.3, 0.4) is 0 Å². The van der Waals surface area contributed by atoms with E-state index in [1.54, 1.807) is 5.57 Å². The van der Waals surface area contributed by atoms with Gasteiger partial charge in [-0.25, -0.2) is 0 Å². The first-order valence-corrected chi connectivity index (χ1v) is 11.7. The molecule has 3 saturated carbocycles. The molecule has 1 N–H and O–H groups in total. The van der Waals surface area contributed by atoms with Crippen molar-refractivity contribution in [3.8, 4) is 0 Å². The third-order valence-electron chi connectivity index (χ3n) is 9.87. The lowest BCUT2D eigenvalue weighted by Gasteiger charge is -2.58. The van der Waals surface area contributed by atoms with E-state index in [1.807, 2.05) is 0 Å². The number of rotatable bonds is 4. The lowest BCUT2D eigenvalue weighted by molar-refractivity contribution is -0.141. The van der Waals surface area contributed by atoms with Gasteiger partial charge in [0.15, 0.2) is 0 Å². The number of methoxy groups -OCH3 is 1. The van der Waals surface area contributed by atoms with Gasteiger partial charge in [-0.2, -0.15) is 0 Å². The first kappa shape index (κ1) is 20.4. The highest BCUT2D eigenvalue weighted by Gasteiger charge is 2.59. The van der Waals surface area contributed by atoms with Crippen LogP contribution in [0, 0.1) is 40.4 Å². The first-order valence-electron chi connectivity index (χ1n) is 11.7. The highest BCUT2D eigenvalue weighted by Crippen LogP contribution is 2.67. The Labute approximate surface area is 171 Å². The molecule has 0 heterocycles. The smallest absolute Gasteiger partial charge is 0.305 e. The Hall–Kier alpha value is -0.830. The van der Waals surface area contributed by atoms with E-state index in [1.165, 1.54) is 45.6 Å². The van der Waals surface area contributed by atoms with Crippen LogP contribution < -0.4 is 0 Å². The predicted molar refractivity (Wildman–Crippen MR) is 112 cm³/mol. The molecule has 4 rings (SSSR count). The van der Waals surface area contributed by atoms with Crippen LogP contribution in [-0.4, -0.2) is 24.3 Å². The van der Waals surface area contributed by atoms with Gasteiger partial charge in [0.05, 0.1) is 13.2 Å². The Morgan fingerprint density at radius 3 is 2.75 bits per heavy atom. The molecule has 0 radical (unpaired) electrons. The fourth-order valence-corrected chi connectivity index (χ4v) is 8.27. The molecule has 158 valence electrons. The summed E-state index contributed by atoms with van der Waals surface area (Å²) in [5, 5.41) is 10.2. The van der Waals surface area contributed by atoms with Crippen molar-refractivity contribution in [3.05, 3.63) is 11.6 Å². The van der Waals surface area contributed by atoms with Crippen LogP contribution in [0.25, 0.3) is 0 Å². The number of carbonyl (C=O) groups is 1. The van der Waals surface area contributed by atoms with Crippen molar-refractivity contribution < 1.29 is 14.6 Å². The maximum absolute atomic E-state index is 11.6. The fourth-order valence-electron chi connectivity index (χ4n) is 8.27. The third kappa shape index (κ3) is 3.16. The van der Waals surface area contributed by atoms with Gasteiger partial charge in [-0.1, -0.05) is 32.4 Å². The first-order chi connectivity index (χ1) is 13.3. The number of aliphatic hydroxyl groups excluding tert-OH is 1. The molecule has 28 heavy (non-hydrogen) atoms. The van der Waals surface area contributed by atoms with E-state index in [-0.39, 0.29) is 12.1 Å². The number of hydrogen-bond acceptors (Lipinski definition) is 3. The molecule has 0 bridgehead atoms. The summed E-state index contributed by atoms with van der Waals surface area (Å²) < 4.78 is 4.87. The van der Waals surface area contributed by atoms with E-state index in [0.717, 1.165) is 42.9 Å². The zero-order valence-electron chi connectivity index (χ0n) is 18.4. The summed E-state index contributed by atoms with van der Waals surface area (Å²) in [6.07, 6.45) is 13.6. The van der Waals surface area contributed by atoms with Crippen LogP contribution in [-0.2, 0) is 9.53 Å². The standard InChI is InChI=1S/C25H40O3/c1-16(5-10-23(27)28-4)20-8-9-21-19-7-6-17-15-18(26)11-13-24(17,2)22(19)12-14-25(20,21)3/h6,16,18-22,26H,5,7-15H2,1-4H3/t16-,18-,19+,20-,21+,22+,24-,25+/m0/s1. The number of allylic oxidation sites excluding steroid dienone is 1. The summed E-state index contributed by atoms with van der Waals surface area (Å²) in [5.41, 5.74) is 2.34. The Kier molecular flexibility index (Phi) is 5.44. The van der Waals surface area contributed by atoms with Crippen LogP contribution in [0.5, 0.6) is 0 Å². The molecule has 0 aromatic carbocycles. The van der Waals surface area contributed by atoms with Gasteiger partial charge in [0.1, 0.15) is 0 Å². The van der Waals surface area contributed by atoms with Crippen molar-refractivity contribution in [2.75, 3.05) is 7.11 Å². The van der Waals surface area contributed by atoms with Gasteiger partial charge in [0.2, 0.25) is 0 Å². The average Bonchev–Trinajstić information content (AvgIpc) is 3.03. The maximum Gasteiger partial charge on any atom is 0.305 e. The van der Waals surface area contributed by atoms with Crippen LogP contribution >= 0.6 is 0 Å². The number of ether oxygens (including phenoxy) is 1. The topological polar surface area (TPSA) is 46.5 Å². The molecular weight excluding hydrogens is 348 g/mol. The normalized spacial score (nSPS) is 46.0. The molecule has 8 atom stereocenters. The molecule has 3 nitrogen and oxygen atoms in total. The molecule has 0 amide bonds. The van der Waals surface area contributed by atoms with Crippen molar-refractivity contribution in [3.63, 3.8) is 0 Å². The van der Waals surface area contributed by atoms with Crippen molar-refractivity contribution in [1.82, 2.24) is 0 Å². The molecule has 0 spiro atoms. The number of hydrogen-bond donors (Lipinski definition) is 1. The summed E-state index contributed by atoms with van der Waals surface area (Å²) >= 11 is 0. The van der Waals surface area contributed by atoms with Gasteiger partial charge < -0.3 is 9.84 Å². The van der Waals surface area contributed by atoms with Gasteiger partial charge in [-0.3, -0.25) is 4.79 Å². The number of fused-ring (bicyclic) bond motifs is 5. The second-order valence-corrected chi connectivity index (χ2v) is 11.0. The van der Waals surface area contributed by atoms with Gasteiger partial charge in [0, 0.05) is 6.42 Å². The molecule has 0 aromatic rings. The van der Waals surface area contributed by atoms with Gasteiger partial charge in [-0.05, 0) is 98.2 Å². The lowest BCUT2D eigenvalue weighted by atomic mass is 9.47. The Morgan fingerprint density at radius 1 is 1.21 bits per heavy atom. The predicted octanol–water partition coefficient (Wildman–Crippen LogP) is 5.52. The third-order valence-corrected chi connectivity index (χ3v) is 9.87. The summed E-state index contributed by atoms with van der Waals surface area (Å²) in [7, 11) is 1.50. The lowest BCUT2D eigenvalue weighted by Crippen LogP contribution is -2.50. The summed E-state index contributed by atoms with van der Waals surface area (Å²) in [6.45, 7) is 7.46. The van der Waals surface area contributed by atoms with Crippen LogP contribution in [0.1, 0.15) is 85.0 Å². The van der Waals surface area contributed by atoms with Crippen molar-refractivity contribution in [2.45, 2.75) is 91.1 Å². The highest BCUT2D eigenvalue weighted by atomic mass is 16.5. The molecule has 4 aliphatic carbocycles. The van der Waals surface area contributed by atoms with Crippen LogP contribution in [0.4, 0.5) is 0 Å². The van der Waals surface area contributed by atoms with E-state index in [9.17, 15) is 9.90 Å². The van der Waals surface area contributed by atoms with Gasteiger partial charge in [-0.15, -0.1) is 0 Å². The van der Waals surface area contributed by atoms with Crippen molar-refractivity contribution in [1.29, 1.82) is 0 Å². The fraction of sp³-hybridized carbons (Fsp3) is 0.880. The number of aliphatic hydroxyl groups is 1. The Bertz CT molecular complexity index is 640. The van der Waals surface area contributed by atoms with Crippen molar-refractivity contribution in [2.24, 2.45) is 40.4 Å². The zero-order valence-corrected chi connectivity index (χ0v) is 18.4. The van der Waals surface area contributed by atoms with Crippen LogP contribution in [0.2, 0.25) is 0 Å². The highest BCUT2D eigenvalue weighted by molar-refractivity contribution is 5.69. The monoisotopic (exact) mass is 388 g/mol. The quantitative estimate of drug-likeness (QED) is 0.510. The summed E-state index contributed by atoms with van der Waals surface area (Å²) in [6, 6.07) is 0. The minimum atomic E-state index is -0.115. The Balaban J connectivity index is 1.51. The molecule has 3 heteroatoms. The van der Waals surface area contributed by atoms with E-state index in [0.29, 0.717) is 23.2 Å². The second-order valence-electron chi connectivity index (χ2n) is 11.0. The molecule has 0 unspecified atom stereocenters. The maximum atomic E-state index is 11.6. The molecular formula is C25H40O3. The largest absolute Gasteiger partial charge is 0.469 e. The van der Waals surface area contributed by atoms with E-state index >= 15 is 0 Å². The Morgan fingerprint density at radius 2 is 2.00 bits per heavy atom. The summed E-state index contributed by atoms with van der Waals surface area (Å²) in [5.74, 6) is 3.74. The van der Waals surface area contributed by atoms with E-state index < -0.39 is 0 Å². The van der Waals surface area contributed by atoms with Gasteiger partial charge >= 0.3 is 5.97 Å².